The van der Waals surface area contributed by atoms with Crippen LogP contribution in [-0.4, -0.2) is 34.1 Å². The van der Waals surface area contributed by atoms with Crippen LogP contribution in [-0.2, 0) is 0 Å². The van der Waals surface area contributed by atoms with E-state index >= 15 is 0 Å². The van der Waals surface area contributed by atoms with Gasteiger partial charge in [0.1, 0.15) is 5.69 Å². The fourth-order valence-electron chi connectivity index (χ4n) is 3.65. The Balaban J connectivity index is 1.69. The largest absolute Gasteiger partial charge is 0.339 e. The number of carbonyl (C=O) groups excluding carboxylic acids is 1. The van der Waals surface area contributed by atoms with E-state index in [0.29, 0.717) is 18.7 Å². The van der Waals surface area contributed by atoms with Crippen molar-refractivity contribution in [1.82, 2.24) is 15.1 Å². The first kappa shape index (κ1) is 20.5. The van der Waals surface area contributed by atoms with E-state index < -0.39 is 0 Å². The van der Waals surface area contributed by atoms with Crippen molar-refractivity contribution in [2.75, 3.05) is 18.4 Å². The van der Waals surface area contributed by atoms with Crippen LogP contribution in [0.4, 0.5) is 11.5 Å². The number of anilines is 2. The first-order valence-corrected chi connectivity index (χ1v) is 10.6. The van der Waals surface area contributed by atoms with Crippen molar-refractivity contribution >= 4 is 28.2 Å². The molecule has 1 N–H and O–H groups in total. The number of aromatic nitrogens is 2. The lowest BCUT2D eigenvalue weighted by atomic mass is 10.0. The number of nitrogens with zero attached hydrogens (tertiary/aromatic N) is 3. The van der Waals surface area contributed by atoms with Crippen molar-refractivity contribution in [3.8, 4) is 11.3 Å². The highest BCUT2D eigenvalue weighted by Gasteiger charge is 2.14. The molecule has 4 aromatic rings. The molecule has 0 atom stereocenters. The summed E-state index contributed by atoms with van der Waals surface area (Å²) in [5.74, 6) is 0.765. The molecule has 1 amide bonds. The third-order valence-corrected chi connectivity index (χ3v) is 5.46. The maximum atomic E-state index is 12.6. The Morgan fingerprint density at radius 3 is 2.13 bits per heavy atom. The monoisotopic (exact) mass is 410 g/mol. The second-order valence-corrected chi connectivity index (χ2v) is 7.49. The predicted octanol–water partition coefficient (Wildman–Crippen LogP) is 5.83. The molecular formula is C26H26N4O. The van der Waals surface area contributed by atoms with Crippen molar-refractivity contribution < 1.29 is 4.79 Å². The number of rotatable bonds is 6. The van der Waals surface area contributed by atoms with Crippen molar-refractivity contribution in [2.45, 2.75) is 20.8 Å². The van der Waals surface area contributed by atoms with Crippen LogP contribution in [0.3, 0.4) is 0 Å². The van der Waals surface area contributed by atoms with Crippen molar-refractivity contribution in [3.63, 3.8) is 0 Å². The second kappa shape index (κ2) is 8.96. The normalized spacial score (nSPS) is 10.8. The molecule has 0 aliphatic carbocycles. The van der Waals surface area contributed by atoms with Gasteiger partial charge in [0.05, 0.1) is 0 Å². The molecule has 1 aromatic heterocycles. The Morgan fingerprint density at radius 2 is 1.48 bits per heavy atom. The topological polar surface area (TPSA) is 58.1 Å². The summed E-state index contributed by atoms with van der Waals surface area (Å²) in [4.78, 5) is 14.4. The lowest BCUT2D eigenvalue weighted by Gasteiger charge is -2.18. The summed E-state index contributed by atoms with van der Waals surface area (Å²) < 4.78 is 0. The van der Waals surface area contributed by atoms with Crippen molar-refractivity contribution in [3.05, 3.63) is 83.9 Å². The molecule has 0 fully saturated rings. The molecule has 0 unspecified atom stereocenters. The van der Waals surface area contributed by atoms with Gasteiger partial charge in [-0.15, -0.1) is 10.2 Å². The van der Waals surface area contributed by atoms with Gasteiger partial charge in [-0.25, -0.2) is 0 Å². The molecule has 3 aromatic carbocycles. The van der Waals surface area contributed by atoms with E-state index in [1.807, 2.05) is 73.3 Å². The van der Waals surface area contributed by atoms with E-state index in [-0.39, 0.29) is 5.91 Å². The zero-order valence-corrected chi connectivity index (χ0v) is 18.1. The zero-order chi connectivity index (χ0) is 21.8. The quantitative estimate of drug-likeness (QED) is 0.434. The van der Waals surface area contributed by atoms with E-state index in [1.165, 1.54) is 5.56 Å². The van der Waals surface area contributed by atoms with Crippen LogP contribution in [0.2, 0.25) is 0 Å². The first-order chi connectivity index (χ1) is 15.1. The number of benzene rings is 3. The molecule has 0 aliphatic heterocycles. The van der Waals surface area contributed by atoms with Gasteiger partial charge < -0.3 is 10.2 Å². The maximum Gasteiger partial charge on any atom is 0.253 e. The van der Waals surface area contributed by atoms with E-state index in [0.717, 1.165) is 33.5 Å². The highest BCUT2D eigenvalue weighted by Crippen LogP contribution is 2.31. The average molecular weight is 411 g/mol. The summed E-state index contributed by atoms with van der Waals surface area (Å²) in [5, 5.41) is 14.4. The standard InChI is InChI=1S/C26H26N4O/c1-4-30(5-2)26(31)20-14-12-19(13-15-20)24-22-8-6-7-9-23(22)25(29-28-24)27-21-16-10-18(3)11-17-21/h6-17H,4-5H2,1-3H3,(H,27,29). The lowest BCUT2D eigenvalue weighted by molar-refractivity contribution is 0.0773. The summed E-state index contributed by atoms with van der Waals surface area (Å²) >= 11 is 0. The number of fused-ring (bicyclic) bond motifs is 1. The minimum atomic E-state index is 0.0464. The molecule has 4 rings (SSSR count). The fraction of sp³-hybridized carbons (Fsp3) is 0.192. The van der Waals surface area contributed by atoms with Crippen molar-refractivity contribution in [1.29, 1.82) is 0 Å². The first-order valence-electron chi connectivity index (χ1n) is 10.6. The maximum absolute atomic E-state index is 12.6. The minimum Gasteiger partial charge on any atom is -0.339 e. The highest BCUT2D eigenvalue weighted by atomic mass is 16.2. The molecule has 31 heavy (non-hydrogen) atoms. The molecule has 0 saturated heterocycles. The Morgan fingerprint density at radius 1 is 0.839 bits per heavy atom. The van der Waals surface area contributed by atoms with Crippen LogP contribution in [0.1, 0.15) is 29.8 Å². The summed E-state index contributed by atoms with van der Waals surface area (Å²) in [6.45, 7) is 7.44. The average Bonchev–Trinajstić information content (AvgIpc) is 2.81. The molecule has 5 heteroatoms. The highest BCUT2D eigenvalue weighted by molar-refractivity contribution is 6.01. The number of nitrogens with one attached hydrogen (secondary N) is 1. The third kappa shape index (κ3) is 4.26. The Labute approximate surface area is 182 Å². The molecule has 0 saturated carbocycles. The van der Waals surface area contributed by atoms with E-state index in [9.17, 15) is 4.79 Å². The molecule has 0 spiro atoms. The molecule has 5 nitrogen and oxygen atoms in total. The van der Waals surface area contributed by atoms with Crippen LogP contribution in [0, 0.1) is 6.92 Å². The minimum absolute atomic E-state index is 0.0464. The summed E-state index contributed by atoms with van der Waals surface area (Å²) in [5.41, 5.74) is 4.59. The SMILES string of the molecule is CCN(CC)C(=O)c1ccc(-c2nnc(Nc3ccc(C)cc3)c3ccccc23)cc1. The number of carbonyl (C=O) groups is 1. The Hall–Kier alpha value is -3.73. The van der Waals surface area contributed by atoms with Gasteiger partial charge in [0.25, 0.3) is 5.91 Å². The van der Waals surface area contributed by atoms with Crippen LogP contribution in [0.25, 0.3) is 22.0 Å². The summed E-state index contributed by atoms with van der Waals surface area (Å²) in [6.07, 6.45) is 0. The zero-order valence-electron chi connectivity index (χ0n) is 18.1. The van der Waals surface area contributed by atoms with Gasteiger partial charge in [-0.2, -0.15) is 0 Å². The van der Waals surface area contributed by atoms with Gasteiger partial charge in [0, 0.05) is 40.7 Å². The smallest absolute Gasteiger partial charge is 0.253 e. The van der Waals surface area contributed by atoms with Gasteiger partial charge >= 0.3 is 0 Å². The van der Waals surface area contributed by atoms with E-state index in [1.54, 1.807) is 0 Å². The molecule has 0 aliphatic rings. The number of hydrogen-bond donors (Lipinski definition) is 1. The summed E-state index contributed by atoms with van der Waals surface area (Å²) in [6, 6.07) is 23.9. The van der Waals surface area contributed by atoms with Crippen LogP contribution in [0.15, 0.2) is 72.8 Å². The lowest BCUT2D eigenvalue weighted by Crippen LogP contribution is -2.30. The molecule has 156 valence electrons. The fourth-order valence-corrected chi connectivity index (χ4v) is 3.65. The number of hydrogen-bond acceptors (Lipinski definition) is 4. The van der Waals surface area contributed by atoms with Crippen LogP contribution >= 0.6 is 0 Å². The van der Waals surface area contributed by atoms with Gasteiger partial charge in [-0.3, -0.25) is 4.79 Å². The van der Waals surface area contributed by atoms with E-state index in [4.69, 9.17) is 0 Å². The Bertz CT molecular complexity index is 1200. The van der Waals surface area contributed by atoms with Gasteiger partial charge in [-0.1, -0.05) is 54.1 Å². The Kier molecular flexibility index (Phi) is 5.94. The van der Waals surface area contributed by atoms with Crippen LogP contribution < -0.4 is 5.32 Å². The predicted molar refractivity (Wildman–Crippen MR) is 127 cm³/mol. The van der Waals surface area contributed by atoms with Crippen LogP contribution in [0.5, 0.6) is 0 Å². The third-order valence-electron chi connectivity index (χ3n) is 5.46. The number of aryl methyl sites for hydroxylation is 1. The molecule has 0 radical (unpaired) electrons. The van der Waals surface area contributed by atoms with E-state index in [2.05, 4.69) is 40.6 Å². The van der Waals surface area contributed by atoms with Crippen molar-refractivity contribution in [2.24, 2.45) is 0 Å². The summed E-state index contributed by atoms with van der Waals surface area (Å²) in [7, 11) is 0. The second-order valence-electron chi connectivity index (χ2n) is 7.49. The molecule has 0 bridgehead atoms. The van der Waals surface area contributed by atoms with Gasteiger partial charge in [0.2, 0.25) is 0 Å². The number of amides is 1. The molecular weight excluding hydrogens is 384 g/mol. The van der Waals surface area contributed by atoms with Gasteiger partial charge in [-0.05, 0) is 45.0 Å². The van der Waals surface area contributed by atoms with Gasteiger partial charge in [0.15, 0.2) is 5.82 Å². The molecule has 1 heterocycles.